The summed E-state index contributed by atoms with van der Waals surface area (Å²) in [4.78, 5) is 5.83. The first-order chi connectivity index (χ1) is 13.6. The molecule has 0 radical (unpaired) electrons. The normalized spacial score (nSPS) is 41.6. The van der Waals surface area contributed by atoms with Gasteiger partial charge in [-0.2, -0.15) is 0 Å². The summed E-state index contributed by atoms with van der Waals surface area (Å²) in [5, 5.41) is 0. The number of hydrogen-bond donors (Lipinski definition) is 0. The minimum Gasteiger partial charge on any atom is -0.295 e. The predicted molar refractivity (Wildman–Crippen MR) is 114 cm³/mol. The molecule has 2 heteroatoms. The molecule has 2 aliphatic carbocycles. The van der Waals surface area contributed by atoms with Crippen LogP contribution in [0.2, 0.25) is 0 Å². The Morgan fingerprint density at radius 1 is 0.893 bits per heavy atom. The van der Waals surface area contributed by atoms with Crippen LogP contribution in [0, 0.1) is 16.7 Å². The largest absolute Gasteiger partial charge is 0.295 e. The summed E-state index contributed by atoms with van der Waals surface area (Å²) in [6.07, 6.45) is 4.26. The molecule has 2 saturated carbocycles. The number of rotatable bonds is 4. The second-order valence-electron chi connectivity index (χ2n) is 10.5. The Bertz CT molecular complexity index is 865. The van der Waals surface area contributed by atoms with Crippen molar-refractivity contribution in [2.75, 3.05) is 6.54 Å². The van der Waals surface area contributed by atoms with Crippen molar-refractivity contribution in [1.29, 1.82) is 0 Å². The van der Waals surface area contributed by atoms with Crippen LogP contribution in [-0.2, 0) is 13.1 Å². The molecule has 0 amide bonds. The third kappa shape index (κ3) is 2.28. The van der Waals surface area contributed by atoms with Crippen molar-refractivity contribution in [1.82, 2.24) is 9.80 Å². The minimum atomic E-state index is 0.425. The van der Waals surface area contributed by atoms with Crippen molar-refractivity contribution < 1.29 is 0 Å². The van der Waals surface area contributed by atoms with Gasteiger partial charge in [0.05, 0.1) is 0 Å². The van der Waals surface area contributed by atoms with E-state index in [1.807, 2.05) is 0 Å². The Balaban J connectivity index is 1.35. The second-order valence-corrected chi connectivity index (χ2v) is 10.5. The predicted octanol–water partition coefficient (Wildman–Crippen LogP) is 4.95. The van der Waals surface area contributed by atoms with Crippen LogP contribution < -0.4 is 0 Å². The average molecular weight is 373 g/mol. The fourth-order valence-electron chi connectivity index (χ4n) is 8.27. The van der Waals surface area contributed by atoms with Gasteiger partial charge in [-0.05, 0) is 47.1 Å². The molecule has 2 nitrogen and oxygen atoms in total. The van der Waals surface area contributed by atoms with Crippen LogP contribution in [0.3, 0.4) is 0 Å². The van der Waals surface area contributed by atoms with Gasteiger partial charge in [0.15, 0.2) is 0 Å². The lowest BCUT2D eigenvalue weighted by atomic mass is 9.41. The Morgan fingerprint density at radius 2 is 1.54 bits per heavy atom. The fourth-order valence-corrected chi connectivity index (χ4v) is 8.27. The number of benzene rings is 2. The quantitative estimate of drug-likeness (QED) is 0.749. The van der Waals surface area contributed by atoms with Crippen LogP contribution in [0.4, 0.5) is 0 Å². The molecule has 7 aliphatic rings. The summed E-state index contributed by atoms with van der Waals surface area (Å²) in [5.41, 5.74) is 3.84. The lowest BCUT2D eigenvalue weighted by Gasteiger charge is -2.79. The van der Waals surface area contributed by atoms with E-state index in [1.165, 1.54) is 36.9 Å². The molecule has 5 heterocycles. The molecule has 2 aromatic carbocycles. The van der Waals surface area contributed by atoms with Crippen LogP contribution >= 0.6 is 0 Å². The summed E-state index contributed by atoms with van der Waals surface area (Å²) in [7, 11) is 0. The van der Waals surface area contributed by atoms with Gasteiger partial charge in [0.25, 0.3) is 0 Å². The molecule has 5 saturated heterocycles. The topological polar surface area (TPSA) is 6.48 Å². The molecule has 0 aromatic heterocycles. The monoisotopic (exact) mass is 372 g/mol. The first-order valence-electron chi connectivity index (χ1n) is 11.2. The SMILES string of the molecule is CC12CC3C4CCC(C)(C3N(Cc3ccccc3)C1)C2N4Cc1ccccc1. The van der Waals surface area contributed by atoms with Crippen LogP contribution in [-0.4, -0.2) is 34.5 Å². The molecule has 6 bridgehead atoms. The molecule has 9 rings (SSSR count). The highest BCUT2D eigenvalue weighted by Gasteiger charge is 2.72. The molecule has 0 N–H and O–H groups in total. The van der Waals surface area contributed by atoms with Gasteiger partial charge < -0.3 is 0 Å². The van der Waals surface area contributed by atoms with Gasteiger partial charge in [-0.1, -0.05) is 74.5 Å². The van der Waals surface area contributed by atoms with Crippen LogP contribution in [0.25, 0.3) is 0 Å². The molecule has 146 valence electrons. The Hall–Kier alpha value is -1.64. The number of fused-ring (bicyclic) bond motifs is 2. The van der Waals surface area contributed by atoms with Gasteiger partial charge in [-0.3, -0.25) is 9.80 Å². The van der Waals surface area contributed by atoms with Gasteiger partial charge in [0.2, 0.25) is 0 Å². The van der Waals surface area contributed by atoms with E-state index in [-0.39, 0.29) is 0 Å². The van der Waals surface area contributed by atoms with Crippen LogP contribution in [0.15, 0.2) is 60.7 Å². The number of piperidine rings is 5. The Morgan fingerprint density at radius 3 is 2.18 bits per heavy atom. The van der Waals surface area contributed by atoms with Gasteiger partial charge in [0.1, 0.15) is 0 Å². The van der Waals surface area contributed by atoms with E-state index in [0.29, 0.717) is 10.8 Å². The summed E-state index contributed by atoms with van der Waals surface area (Å²) in [6.45, 7) is 8.78. The van der Waals surface area contributed by atoms with Gasteiger partial charge in [-0.25, -0.2) is 0 Å². The highest BCUT2D eigenvalue weighted by atomic mass is 15.3. The van der Waals surface area contributed by atoms with Gasteiger partial charge in [0, 0.05) is 37.8 Å². The van der Waals surface area contributed by atoms with E-state index >= 15 is 0 Å². The number of nitrogens with zero attached hydrogens (tertiary/aromatic N) is 2. The van der Waals surface area contributed by atoms with Gasteiger partial charge in [-0.15, -0.1) is 0 Å². The lowest BCUT2D eigenvalue weighted by molar-refractivity contribution is -0.290. The zero-order valence-electron chi connectivity index (χ0n) is 17.2. The van der Waals surface area contributed by atoms with E-state index in [2.05, 4.69) is 84.3 Å². The van der Waals surface area contributed by atoms with E-state index < -0.39 is 0 Å². The first kappa shape index (κ1) is 17.2. The van der Waals surface area contributed by atoms with Crippen molar-refractivity contribution in [3.63, 3.8) is 0 Å². The molecular formula is C26H32N2. The average Bonchev–Trinajstić information content (AvgIpc) is 2.68. The number of hydrogen-bond acceptors (Lipinski definition) is 2. The summed E-state index contributed by atoms with van der Waals surface area (Å²) in [6, 6.07) is 24.6. The fraction of sp³-hybridized carbons (Fsp3) is 0.538. The van der Waals surface area contributed by atoms with Crippen LogP contribution in [0.5, 0.6) is 0 Å². The van der Waals surface area contributed by atoms with Crippen molar-refractivity contribution in [2.24, 2.45) is 16.7 Å². The molecule has 2 aromatic rings. The highest BCUT2D eigenvalue weighted by molar-refractivity contribution is 5.28. The maximum Gasteiger partial charge on any atom is 0.0240 e. The minimum absolute atomic E-state index is 0.425. The third-order valence-corrected chi connectivity index (χ3v) is 8.69. The lowest BCUT2D eigenvalue weighted by Crippen LogP contribution is -2.85. The zero-order valence-corrected chi connectivity index (χ0v) is 17.2. The maximum atomic E-state index is 2.95. The van der Waals surface area contributed by atoms with Crippen molar-refractivity contribution in [2.45, 2.75) is 64.3 Å². The van der Waals surface area contributed by atoms with Crippen molar-refractivity contribution >= 4 is 0 Å². The highest BCUT2D eigenvalue weighted by Crippen LogP contribution is 2.68. The molecule has 7 fully saturated rings. The molecule has 0 spiro atoms. The summed E-state index contributed by atoms with van der Waals surface area (Å²) < 4.78 is 0. The Labute approximate surface area is 169 Å². The summed E-state index contributed by atoms with van der Waals surface area (Å²) in [5.74, 6) is 0.843. The molecular weight excluding hydrogens is 340 g/mol. The van der Waals surface area contributed by atoms with E-state index in [0.717, 1.165) is 37.1 Å². The first-order valence-corrected chi connectivity index (χ1v) is 11.2. The zero-order chi connectivity index (χ0) is 18.9. The van der Waals surface area contributed by atoms with Crippen LogP contribution in [0.1, 0.15) is 44.2 Å². The standard InChI is InChI=1S/C26H32N2/c1-25-15-21-22-13-14-26(2,24(25)28(22)17-20-11-7-4-8-12-20)23(21)27(18-25)16-19-9-5-3-6-10-19/h3-12,21-24H,13-18H2,1-2H3. The third-order valence-electron chi connectivity index (χ3n) is 8.69. The van der Waals surface area contributed by atoms with E-state index in [4.69, 9.17) is 0 Å². The van der Waals surface area contributed by atoms with E-state index in [9.17, 15) is 0 Å². The molecule has 6 unspecified atom stereocenters. The molecule has 5 aliphatic heterocycles. The Kier molecular flexibility index (Phi) is 3.65. The smallest absolute Gasteiger partial charge is 0.0240 e. The summed E-state index contributed by atoms with van der Waals surface area (Å²) >= 11 is 0. The molecule has 6 atom stereocenters. The van der Waals surface area contributed by atoms with Crippen molar-refractivity contribution in [3.8, 4) is 0 Å². The van der Waals surface area contributed by atoms with Gasteiger partial charge >= 0.3 is 0 Å². The molecule has 28 heavy (non-hydrogen) atoms. The maximum absolute atomic E-state index is 2.95. The van der Waals surface area contributed by atoms with Crippen molar-refractivity contribution in [3.05, 3.63) is 71.8 Å². The second kappa shape index (κ2) is 5.93. The van der Waals surface area contributed by atoms with E-state index in [1.54, 1.807) is 0 Å².